The van der Waals surface area contributed by atoms with Crippen molar-refractivity contribution in [3.8, 4) is 5.75 Å². The first-order valence-corrected chi connectivity index (χ1v) is 10.7. The van der Waals surface area contributed by atoms with E-state index in [4.69, 9.17) is 27.9 Å². The lowest BCUT2D eigenvalue weighted by Crippen LogP contribution is -2.51. The van der Waals surface area contributed by atoms with Gasteiger partial charge in [0.05, 0.1) is 29.6 Å². The number of hydrogen-bond donors (Lipinski definition) is 1. The van der Waals surface area contributed by atoms with Crippen LogP contribution in [0.3, 0.4) is 0 Å². The highest BCUT2D eigenvalue weighted by Crippen LogP contribution is 2.26. The first-order valence-electron chi connectivity index (χ1n) is 9.90. The summed E-state index contributed by atoms with van der Waals surface area (Å²) < 4.78 is 5.59. The smallest absolute Gasteiger partial charge is 0.234 e. The van der Waals surface area contributed by atoms with Gasteiger partial charge in [-0.1, -0.05) is 53.5 Å². The van der Waals surface area contributed by atoms with Crippen LogP contribution in [0.4, 0.5) is 0 Å². The van der Waals surface area contributed by atoms with E-state index in [9.17, 15) is 9.59 Å². The van der Waals surface area contributed by atoms with Crippen molar-refractivity contribution in [2.24, 2.45) is 0 Å². The Bertz CT molecular complexity index is 856. The molecule has 1 aliphatic rings. The first-order chi connectivity index (χ1) is 14.5. The summed E-state index contributed by atoms with van der Waals surface area (Å²) >= 11 is 11.8. The fourth-order valence-corrected chi connectivity index (χ4v) is 3.48. The van der Waals surface area contributed by atoms with Gasteiger partial charge in [-0.2, -0.15) is 0 Å². The summed E-state index contributed by atoms with van der Waals surface area (Å²) in [6.45, 7) is 3.72. The van der Waals surface area contributed by atoms with Crippen molar-refractivity contribution in [3.63, 3.8) is 0 Å². The molecule has 0 saturated carbocycles. The Morgan fingerprint density at radius 3 is 2.40 bits per heavy atom. The summed E-state index contributed by atoms with van der Waals surface area (Å²) in [5, 5.41) is 3.82. The molecular weight excluding hydrogens is 425 g/mol. The second kappa shape index (κ2) is 11.2. The minimum absolute atomic E-state index is 0.00588. The average Bonchev–Trinajstić information content (AvgIpc) is 2.76. The average molecular weight is 450 g/mol. The maximum Gasteiger partial charge on any atom is 0.234 e. The lowest BCUT2D eigenvalue weighted by Gasteiger charge is -2.34. The highest BCUT2D eigenvalue weighted by molar-refractivity contribution is 6.42. The first kappa shape index (κ1) is 22.4. The van der Waals surface area contributed by atoms with Crippen LogP contribution in [0, 0.1) is 0 Å². The van der Waals surface area contributed by atoms with Crippen molar-refractivity contribution in [1.29, 1.82) is 0 Å². The van der Waals surface area contributed by atoms with Crippen LogP contribution in [0.1, 0.15) is 12.0 Å². The zero-order chi connectivity index (χ0) is 21.3. The van der Waals surface area contributed by atoms with Gasteiger partial charge in [0.2, 0.25) is 11.8 Å². The number of rotatable bonds is 8. The normalized spacial score (nSPS) is 14.4. The predicted molar refractivity (Wildman–Crippen MR) is 118 cm³/mol. The molecule has 0 aliphatic carbocycles. The summed E-state index contributed by atoms with van der Waals surface area (Å²) in [5.41, 5.74) is 1.07. The molecule has 1 N–H and O–H groups in total. The van der Waals surface area contributed by atoms with Gasteiger partial charge < -0.3 is 15.0 Å². The van der Waals surface area contributed by atoms with Crippen LogP contribution in [-0.4, -0.2) is 60.9 Å². The number of piperazine rings is 1. The van der Waals surface area contributed by atoms with Gasteiger partial charge in [-0.25, -0.2) is 0 Å². The van der Waals surface area contributed by atoms with Gasteiger partial charge >= 0.3 is 0 Å². The Balaban J connectivity index is 1.32. The van der Waals surface area contributed by atoms with E-state index in [0.717, 1.165) is 5.56 Å². The van der Waals surface area contributed by atoms with Crippen molar-refractivity contribution >= 4 is 35.0 Å². The third-order valence-electron chi connectivity index (χ3n) is 4.90. The number of nitrogens with one attached hydrogen (secondary N) is 1. The highest BCUT2D eigenvalue weighted by atomic mass is 35.5. The third kappa shape index (κ3) is 6.90. The molecule has 1 aliphatic heterocycles. The molecule has 2 aromatic rings. The van der Waals surface area contributed by atoms with Crippen molar-refractivity contribution in [2.45, 2.75) is 13.0 Å². The molecule has 0 bridgehead atoms. The van der Waals surface area contributed by atoms with E-state index in [1.807, 2.05) is 35.2 Å². The van der Waals surface area contributed by atoms with Crippen molar-refractivity contribution in [3.05, 3.63) is 64.1 Å². The number of nitrogens with zero attached hydrogens (tertiary/aromatic N) is 2. The lowest BCUT2D eigenvalue weighted by atomic mass is 10.2. The molecule has 3 rings (SSSR count). The Kier molecular flexibility index (Phi) is 8.37. The molecule has 2 amide bonds. The monoisotopic (exact) mass is 449 g/mol. The molecule has 0 radical (unpaired) electrons. The minimum Gasteiger partial charge on any atom is -0.493 e. The number of amides is 2. The maximum absolute atomic E-state index is 12.4. The van der Waals surface area contributed by atoms with Crippen LogP contribution in [0.2, 0.25) is 10.0 Å². The fraction of sp³-hybridized carbons (Fsp3) is 0.364. The van der Waals surface area contributed by atoms with Crippen LogP contribution in [0.25, 0.3) is 0 Å². The van der Waals surface area contributed by atoms with E-state index in [0.29, 0.717) is 55.1 Å². The standard InChI is InChI=1S/C22H25Cl2N3O3/c23-19-7-6-18(14-20(19)24)30-13-8-22(29)27-11-9-26(10-12-27)16-21(28)25-15-17-4-2-1-3-5-17/h1-7,14H,8-13,15-16H2,(H,25,28). The second-order valence-electron chi connectivity index (χ2n) is 7.09. The lowest BCUT2D eigenvalue weighted by molar-refractivity contribution is -0.133. The predicted octanol–water partition coefficient (Wildman–Crippen LogP) is 3.22. The van der Waals surface area contributed by atoms with Gasteiger partial charge in [0.25, 0.3) is 0 Å². The maximum atomic E-state index is 12.4. The van der Waals surface area contributed by atoms with E-state index in [1.54, 1.807) is 18.2 Å². The molecule has 6 nitrogen and oxygen atoms in total. The van der Waals surface area contributed by atoms with Gasteiger partial charge in [-0.15, -0.1) is 0 Å². The molecule has 2 aromatic carbocycles. The van der Waals surface area contributed by atoms with E-state index in [1.165, 1.54) is 0 Å². The molecule has 0 unspecified atom stereocenters. The molecular formula is C22H25Cl2N3O3. The number of ether oxygens (including phenoxy) is 1. The fourth-order valence-electron chi connectivity index (χ4n) is 3.19. The van der Waals surface area contributed by atoms with Gasteiger partial charge in [0.1, 0.15) is 5.75 Å². The molecule has 0 atom stereocenters. The molecule has 160 valence electrons. The number of carbonyl (C=O) groups is 2. The number of halogens is 2. The summed E-state index contributed by atoms with van der Waals surface area (Å²) in [6, 6.07) is 14.8. The Hall–Kier alpha value is -2.28. The number of carbonyl (C=O) groups excluding carboxylic acids is 2. The van der Waals surface area contributed by atoms with Crippen LogP contribution >= 0.6 is 23.2 Å². The van der Waals surface area contributed by atoms with Crippen LogP contribution in [-0.2, 0) is 16.1 Å². The molecule has 1 fully saturated rings. The summed E-state index contributed by atoms with van der Waals surface area (Å²) in [5.74, 6) is 0.625. The Morgan fingerprint density at radius 2 is 1.70 bits per heavy atom. The highest BCUT2D eigenvalue weighted by Gasteiger charge is 2.22. The topological polar surface area (TPSA) is 61.9 Å². The van der Waals surface area contributed by atoms with Crippen LogP contribution < -0.4 is 10.1 Å². The quantitative estimate of drug-likeness (QED) is 0.671. The molecule has 1 saturated heterocycles. The Morgan fingerprint density at radius 1 is 0.967 bits per heavy atom. The largest absolute Gasteiger partial charge is 0.493 e. The van der Waals surface area contributed by atoms with Crippen molar-refractivity contribution in [2.75, 3.05) is 39.3 Å². The molecule has 0 aromatic heterocycles. The van der Waals surface area contributed by atoms with Crippen LogP contribution in [0.5, 0.6) is 5.75 Å². The molecule has 8 heteroatoms. The molecule has 1 heterocycles. The van der Waals surface area contributed by atoms with E-state index < -0.39 is 0 Å². The summed E-state index contributed by atoms with van der Waals surface area (Å²) in [7, 11) is 0. The zero-order valence-corrected chi connectivity index (χ0v) is 18.2. The number of benzene rings is 2. The summed E-state index contributed by atoms with van der Waals surface area (Å²) in [6.07, 6.45) is 0.289. The van der Waals surface area contributed by atoms with Gasteiger partial charge in [0, 0.05) is 38.8 Å². The molecule has 0 spiro atoms. The Labute approximate surface area is 186 Å². The van der Waals surface area contributed by atoms with Gasteiger partial charge in [0.15, 0.2) is 0 Å². The second-order valence-corrected chi connectivity index (χ2v) is 7.91. The summed E-state index contributed by atoms with van der Waals surface area (Å²) in [4.78, 5) is 28.4. The van der Waals surface area contributed by atoms with Gasteiger partial charge in [-0.05, 0) is 17.7 Å². The minimum atomic E-state index is -0.00588. The SMILES string of the molecule is O=C(CN1CCN(C(=O)CCOc2ccc(Cl)c(Cl)c2)CC1)NCc1ccccc1. The van der Waals surface area contributed by atoms with E-state index in [2.05, 4.69) is 10.2 Å². The molecule has 30 heavy (non-hydrogen) atoms. The van der Waals surface area contributed by atoms with Crippen molar-refractivity contribution in [1.82, 2.24) is 15.1 Å². The van der Waals surface area contributed by atoms with Crippen molar-refractivity contribution < 1.29 is 14.3 Å². The van der Waals surface area contributed by atoms with Crippen LogP contribution in [0.15, 0.2) is 48.5 Å². The van der Waals surface area contributed by atoms with E-state index >= 15 is 0 Å². The number of hydrogen-bond acceptors (Lipinski definition) is 4. The van der Waals surface area contributed by atoms with E-state index in [-0.39, 0.29) is 24.8 Å². The van der Waals surface area contributed by atoms with Gasteiger partial charge in [-0.3, -0.25) is 14.5 Å². The zero-order valence-electron chi connectivity index (χ0n) is 16.7. The third-order valence-corrected chi connectivity index (χ3v) is 5.64.